The Bertz CT molecular complexity index is 663. The van der Waals surface area contributed by atoms with Crippen LogP contribution in [0.25, 0.3) is 0 Å². The lowest BCUT2D eigenvalue weighted by Gasteiger charge is -2.08. The number of carbonyl (C=O) groups excluding carboxylic acids is 1. The summed E-state index contributed by atoms with van der Waals surface area (Å²) in [5.41, 5.74) is -0.223. The first-order valence-electron chi connectivity index (χ1n) is 5.23. The second-order valence-corrected chi connectivity index (χ2v) is 7.33. The van der Waals surface area contributed by atoms with Crippen LogP contribution in [0.15, 0.2) is 17.0 Å². The molecule has 6 nitrogen and oxygen atoms in total. The van der Waals surface area contributed by atoms with Crippen molar-refractivity contribution in [3.05, 3.63) is 28.5 Å². The lowest BCUT2D eigenvalue weighted by molar-refractivity contribution is 0.0956. The minimum Gasteiger partial charge on any atom is -0.351 e. The lowest BCUT2D eigenvalue weighted by Crippen LogP contribution is -2.28. The van der Waals surface area contributed by atoms with Crippen LogP contribution in [0.5, 0.6) is 0 Å². The molecule has 112 valence electrons. The van der Waals surface area contributed by atoms with Crippen molar-refractivity contribution in [2.24, 2.45) is 5.14 Å². The van der Waals surface area contributed by atoms with Gasteiger partial charge >= 0.3 is 0 Å². The summed E-state index contributed by atoms with van der Waals surface area (Å²) >= 11 is 5.69. The predicted molar refractivity (Wildman–Crippen MR) is 74.0 cm³/mol. The van der Waals surface area contributed by atoms with Crippen molar-refractivity contribution in [3.63, 3.8) is 0 Å². The molecule has 0 saturated carbocycles. The van der Waals surface area contributed by atoms with E-state index >= 15 is 0 Å². The highest BCUT2D eigenvalue weighted by atomic mass is 35.5. The van der Waals surface area contributed by atoms with E-state index in [4.69, 9.17) is 16.7 Å². The van der Waals surface area contributed by atoms with Gasteiger partial charge in [-0.05, 0) is 12.1 Å². The van der Waals surface area contributed by atoms with E-state index in [9.17, 15) is 21.8 Å². The molecule has 0 aliphatic carbocycles. The monoisotopic (exact) mass is 342 g/mol. The number of hydrogen-bond donors (Lipinski definition) is 2. The van der Waals surface area contributed by atoms with Crippen LogP contribution in [0.3, 0.4) is 0 Å². The molecule has 3 N–H and O–H groups in total. The quantitative estimate of drug-likeness (QED) is 0.799. The molecule has 0 aliphatic rings. The van der Waals surface area contributed by atoms with E-state index in [2.05, 4.69) is 5.32 Å². The van der Waals surface area contributed by atoms with E-state index < -0.39 is 37.4 Å². The van der Waals surface area contributed by atoms with Gasteiger partial charge in [0.15, 0.2) is 0 Å². The average molecular weight is 343 g/mol. The first-order valence-corrected chi connectivity index (χ1v) is 8.88. The molecular formula is C10H12ClFN2O4S2. The van der Waals surface area contributed by atoms with Gasteiger partial charge in [0.2, 0.25) is 10.0 Å². The van der Waals surface area contributed by atoms with E-state index in [0.29, 0.717) is 6.07 Å². The zero-order valence-corrected chi connectivity index (χ0v) is 12.7. The second-order valence-electron chi connectivity index (χ2n) is 3.84. The van der Waals surface area contributed by atoms with Gasteiger partial charge in [-0.1, -0.05) is 11.6 Å². The predicted octanol–water partition coefficient (Wildman–Crippen LogP) is 0.235. The third kappa shape index (κ3) is 4.51. The maximum atomic E-state index is 13.4. The largest absolute Gasteiger partial charge is 0.351 e. The van der Waals surface area contributed by atoms with E-state index in [1.54, 1.807) is 0 Å². The maximum absolute atomic E-state index is 13.4. The van der Waals surface area contributed by atoms with Gasteiger partial charge in [0.1, 0.15) is 10.7 Å². The van der Waals surface area contributed by atoms with Crippen LogP contribution < -0.4 is 10.5 Å². The van der Waals surface area contributed by atoms with Crippen LogP contribution in [0, 0.1) is 5.82 Å². The van der Waals surface area contributed by atoms with Crippen LogP contribution in [-0.4, -0.2) is 37.1 Å². The summed E-state index contributed by atoms with van der Waals surface area (Å²) in [6.45, 7) is 0.111. The number of halogens is 2. The summed E-state index contributed by atoms with van der Waals surface area (Å²) in [4.78, 5) is 11.0. The molecule has 1 aromatic carbocycles. The molecule has 0 aliphatic heterocycles. The van der Waals surface area contributed by atoms with Crippen LogP contribution in [0.4, 0.5) is 4.39 Å². The van der Waals surface area contributed by atoms with Gasteiger partial charge in [-0.15, -0.1) is 0 Å². The molecule has 0 bridgehead atoms. The fraction of sp³-hybridized carbons (Fsp3) is 0.300. The fourth-order valence-electron chi connectivity index (χ4n) is 1.32. The summed E-state index contributed by atoms with van der Waals surface area (Å²) in [6.07, 6.45) is 1.47. The van der Waals surface area contributed by atoms with E-state index in [0.717, 1.165) is 6.07 Å². The van der Waals surface area contributed by atoms with Gasteiger partial charge in [-0.2, -0.15) is 0 Å². The summed E-state index contributed by atoms with van der Waals surface area (Å²) in [5.74, 6) is -1.61. The molecular weight excluding hydrogens is 331 g/mol. The summed E-state index contributed by atoms with van der Waals surface area (Å²) in [5, 5.41) is 6.98. The molecule has 10 heteroatoms. The number of nitrogens with one attached hydrogen (secondary N) is 1. The lowest BCUT2D eigenvalue weighted by atomic mass is 10.2. The Hall–Kier alpha value is -1.03. The number of benzene rings is 1. The Morgan fingerprint density at radius 3 is 2.60 bits per heavy atom. The number of rotatable bonds is 5. The molecule has 0 aromatic heterocycles. The molecule has 1 unspecified atom stereocenters. The normalized spacial score (nSPS) is 13.0. The molecule has 0 radical (unpaired) electrons. The number of carbonyl (C=O) groups is 1. The third-order valence-corrected chi connectivity index (χ3v) is 4.27. The van der Waals surface area contributed by atoms with E-state index in [1.165, 1.54) is 6.26 Å². The first-order chi connectivity index (χ1) is 9.12. The van der Waals surface area contributed by atoms with Crippen LogP contribution >= 0.6 is 11.6 Å². The number of hydrogen-bond acceptors (Lipinski definition) is 4. The van der Waals surface area contributed by atoms with Crippen molar-refractivity contribution >= 4 is 38.3 Å². The van der Waals surface area contributed by atoms with Gasteiger partial charge in [0.25, 0.3) is 5.91 Å². The highest BCUT2D eigenvalue weighted by molar-refractivity contribution is 7.89. The van der Waals surface area contributed by atoms with Crippen molar-refractivity contribution in [3.8, 4) is 0 Å². The molecule has 0 spiro atoms. The summed E-state index contributed by atoms with van der Waals surface area (Å²) in [6, 6.07) is 1.47. The van der Waals surface area contributed by atoms with Crippen LogP contribution in [-0.2, 0) is 20.8 Å². The van der Waals surface area contributed by atoms with Gasteiger partial charge in [0, 0.05) is 29.4 Å². The minimum absolute atomic E-state index is 0.111. The summed E-state index contributed by atoms with van der Waals surface area (Å²) < 4.78 is 46.6. The fourth-order valence-corrected chi connectivity index (χ4v) is 2.56. The smallest absolute Gasteiger partial charge is 0.252 e. The zero-order valence-electron chi connectivity index (χ0n) is 10.4. The Labute approximate surface area is 123 Å². The molecule has 20 heavy (non-hydrogen) atoms. The maximum Gasteiger partial charge on any atom is 0.252 e. The van der Waals surface area contributed by atoms with E-state index in [-0.39, 0.29) is 22.9 Å². The number of amides is 1. The summed E-state index contributed by atoms with van der Waals surface area (Å²) in [7, 11) is -5.39. The Morgan fingerprint density at radius 1 is 1.50 bits per heavy atom. The number of primary sulfonamides is 1. The average Bonchev–Trinajstić information content (AvgIpc) is 2.26. The molecule has 1 rings (SSSR count). The Kier molecular flexibility index (Phi) is 5.63. The highest BCUT2D eigenvalue weighted by Gasteiger charge is 2.20. The number of sulfonamides is 1. The van der Waals surface area contributed by atoms with Gasteiger partial charge in [-0.25, -0.2) is 17.9 Å². The third-order valence-electron chi connectivity index (χ3n) is 2.25. The van der Waals surface area contributed by atoms with Crippen molar-refractivity contribution in [2.45, 2.75) is 4.90 Å². The Balaban J connectivity index is 3.06. The van der Waals surface area contributed by atoms with Gasteiger partial charge in [0.05, 0.1) is 10.6 Å². The molecule has 0 saturated heterocycles. The van der Waals surface area contributed by atoms with Gasteiger partial charge < -0.3 is 5.32 Å². The molecule has 1 atom stereocenters. The first kappa shape index (κ1) is 17.0. The van der Waals surface area contributed by atoms with Crippen LogP contribution in [0.2, 0.25) is 5.02 Å². The standard InChI is InChI=1S/C10H12ClFN2O4S2/c1-19(16)3-2-14-10(15)6-4-9(20(13,17)18)8(12)5-7(6)11/h4-5H,2-3H2,1H3,(H,14,15)(H2,13,17,18). The molecule has 0 heterocycles. The van der Waals surface area contributed by atoms with Crippen LogP contribution in [0.1, 0.15) is 10.4 Å². The van der Waals surface area contributed by atoms with E-state index in [1.807, 2.05) is 0 Å². The Morgan fingerprint density at radius 2 is 2.10 bits per heavy atom. The molecule has 0 fully saturated rings. The van der Waals surface area contributed by atoms with Gasteiger partial charge in [-0.3, -0.25) is 9.00 Å². The van der Waals surface area contributed by atoms with Crippen molar-refractivity contribution in [2.75, 3.05) is 18.6 Å². The van der Waals surface area contributed by atoms with Crippen molar-refractivity contribution in [1.29, 1.82) is 0 Å². The number of nitrogens with two attached hydrogens (primary N) is 1. The second kappa shape index (κ2) is 6.61. The van der Waals surface area contributed by atoms with Crippen molar-refractivity contribution < 1.29 is 21.8 Å². The highest BCUT2D eigenvalue weighted by Crippen LogP contribution is 2.23. The zero-order chi connectivity index (χ0) is 15.5. The SMILES string of the molecule is CS(=O)CCNC(=O)c1cc(S(N)(=O)=O)c(F)cc1Cl. The van der Waals surface area contributed by atoms with Crippen molar-refractivity contribution in [1.82, 2.24) is 5.32 Å². The molecule has 1 aromatic rings. The molecule has 1 amide bonds. The minimum atomic E-state index is -4.30. The topological polar surface area (TPSA) is 106 Å².